The van der Waals surface area contributed by atoms with Crippen molar-refractivity contribution in [3.05, 3.63) is 51.5 Å². The van der Waals surface area contributed by atoms with E-state index in [9.17, 15) is 9.50 Å². The second-order valence-corrected chi connectivity index (χ2v) is 5.35. The summed E-state index contributed by atoms with van der Waals surface area (Å²) in [6, 6.07) is 6.39. The van der Waals surface area contributed by atoms with Gasteiger partial charge in [0.05, 0.1) is 17.5 Å². The van der Waals surface area contributed by atoms with Crippen molar-refractivity contribution >= 4 is 15.9 Å². The maximum atomic E-state index is 13.0. The van der Waals surface area contributed by atoms with Crippen LogP contribution < -0.4 is 0 Å². The molecule has 3 nitrogen and oxygen atoms in total. The Kier molecular flexibility index (Phi) is 4.37. The molecule has 0 spiro atoms. The summed E-state index contributed by atoms with van der Waals surface area (Å²) in [6.07, 6.45) is 0.601. The van der Waals surface area contributed by atoms with E-state index in [1.54, 1.807) is 10.7 Å². The number of hydrogen-bond acceptors (Lipinski definition) is 2. The summed E-state index contributed by atoms with van der Waals surface area (Å²) >= 11 is 3.31. The van der Waals surface area contributed by atoms with Gasteiger partial charge in [0.1, 0.15) is 5.82 Å². The summed E-state index contributed by atoms with van der Waals surface area (Å²) in [7, 11) is 1.82. The molecule has 0 fully saturated rings. The number of benzene rings is 1. The molecule has 1 aromatic heterocycles. The Balaban J connectivity index is 2.20. The van der Waals surface area contributed by atoms with Gasteiger partial charge < -0.3 is 5.11 Å². The highest BCUT2D eigenvalue weighted by Crippen LogP contribution is 2.25. The van der Waals surface area contributed by atoms with E-state index in [0.717, 1.165) is 23.4 Å². The number of nitrogens with zero attached hydrogens (tertiary/aromatic N) is 2. The van der Waals surface area contributed by atoms with Crippen molar-refractivity contribution < 1.29 is 9.50 Å². The third kappa shape index (κ3) is 3.22. The number of aryl methyl sites for hydroxylation is 2. The zero-order chi connectivity index (χ0) is 14.0. The van der Waals surface area contributed by atoms with E-state index in [-0.39, 0.29) is 5.82 Å². The predicted octanol–water partition coefficient (Wildman–Crippen LogP) is 3.16. The lowest BCUT2D eigenvalue weighted by Gasteiger charge is -2.12. The molecule has 1 unspecified atom stereocenters. The van der Waals surface area contributed by atoms with Crippen LogP contribution in [0, 0.1) is 5.82 Å². The molecular formula is C14H16BrFN2O. The molecule has 1 aromatic carbocycles. The fourth-order valence-corrected chi connectivity index (χ4v) is 2.54. The van der Waals surface area contributed by atoms with E-state index in [1.807, 2.05) is 20.0 Å². The Morgan fingerprint density at radius 1 is 1.42 bits per heavy atom. The van der Waals surface area contributed by atoms with Crippen molar-refractivity contribution in [1.82, 2.24) is 9.78 Å². The van der Waals surface area contributed by atoms with Gasteiger partial charge in [-0.1, -0.05) is 28.9 Å². The van der Waals surface area contributed by atoms with Gasteiger partial charge in [0.15, 0.2) is 0 Å². The number of aromatic nitrogens is 2. The molecule has 19 heavy (non-hydrogen) atoms. The van der Waals surface area contributed by atoms with Gasteiger partial charge in [0, 0.05) is 17.9 Å². The maximum absolute atomic E-state index is 13.0. The summed E-state index contributed by atoms with van der Waals surface area (Å²) < 4.78 is 15.4. The SMILES string of the molecule is CCc1cc(C(O)Cc2ccc(F)cc2Br)n(C)n1. The zero-order valence-electron chi connectivity index (χ0n) is 10.9. The molecule has 2 aromatic rings. The standard InChI is InChI=1S/C14H16BrFN2O/c1-3-11-8-13(18(2)17-11)14(19)6-9-4-5-10(16)7-12(9)15/h4-5,7-8,14,19H,3,6H2,1-2H3. The molecule has 5 heteroatoms. The van der Waals surface area contributed by atoms with Gasteiger partial charge in [-0.3, -0.25) is 4.68 Å². The average Bonchev–Trinajstić information content (AvgIpc) is 2.74. The second-order valence-electron chi connectivity index (χ2n) is 4.49. The van der Waals surface area contributed by atoms with Crippen LogP contribution in [0.1, 0.15) is 30.0 Å². The summed E-state index contributed by atoms with van der Waals surface area (Å²) in [5.41, 5.74) is 2.59. The lowest BCUT2D eigenvalue weighted by atomic mass is 10.1. The molecule has 2 rings (SSSR count). The van der Waals surface area contributed by atoms with Crippen molar-refractivity contribution in [1.29, 1.82) is 0 Å². The van der Waals surface area contributed by atoms with Crippen molar-refractivity contribution in [3.8, 4) is 0 Å². The van der Waals surface area contributed by atoms with Gasteiger partial charge >= 0.3 is 0 Å². The molecule has 102 valence electrons. The molecule has 0 aliphatic carbocycles. The Bertz CT molecular complexity index is 583. The number of rotatable bonds is 4. The van der Waals surface area contributed by atoms with E-state index < -0.39 is 6.10 Å². The van der Waals surface area contributed by atoms with Crippen LogP contribution in [0.25, 0.3) is 0 Å². The highest BCUT2D eigenvalue weighted by molar-refractivity contribution is 9.10. The lowest BCUT2D eigenvalue weighted by molar-refractivity contribution is 0.168. The van der Waals surface area contributed by atoms with Crippen LogP contribution in [0.4, 0.5) is 4.39 Å². The van der Waals surface area contributed by atoms with Crippen LogP contribution >= 0.6 is 15.9 Å². The molecule has 0 aliphatic rings. The first-order valence-corrected chi connectivity index (χ1v) is 6.95. The molecule has 0 bridgehead atoms. The first-order valence-electron chi connectivity index (χ1n) is 6.16. The Labute approximate surface area is 120 Å². The molecule has 0 saturated carbocycles. The number of halogens is 2. The Morgan fingerprint density at radius 2 is 2.16 bits per heavy atom. The highest BCUT2D eigenvalue weighted by atomic mass is 79.9. The minimum absolute atomic E-state index is 0.293. The Morgan fingerprint density at radius 3 is 2.74 bits per heavy atom. The first-order chi connectivity index (χ1) is 9.01. The molecular weight excluding hydrogens is 311 g/mol. The molecule has 0 radical (unpaired) electrons. The molecule has 1 N–H and O–H groups in total. The van der Waals surface area contributed by atoms with Crippen LogP contribution in [0.2, 0.25) is 0 Å². The van der Waals surface area contributed by atoms with E-state index in [0.29, 0.717) is 10.9 Å². The van der Waals surface area contributed by atoms with Crippen molar-refractivity contribution in [2.75, 3.05) is 0 Å². The van der Waals surface area contributed by atoms with Crippen LogP contribution in [0.3, 0.4) is 0 Å². The molecule has 1 atom stereocenters. The molecule has 1 heterocycles. The summed E-state index contributed by atoms with van der Waals surface area (Å²) in [5.74, 6) is -0.293. The van der Waals surface area contributed by atoms with Gasteiger partial charge in [-0.2, -0.15) is 5.10 Å². The van der Waals surface area contributed by atoms with Gasteiger partial charge in [-0.05, 0) is 30.2 Å². The quantitative estimate of drug-likeness (QED) is 0.937. The minimum Gasteiger partial charge on any atom is -0.386 e. The first kappa shape index (κ1) is 14.2. The van der Waals surface area contributed by atoms with Crippen LogP contribution in [0.5, 0.6) is 0 Å². The second kappa shape index (κ2) is 5.84. The van der Waals surface area contributed by atoms with Crippen molar-refractivity contribution in [2.24, 2.45) is 7.05 Å². The highest BCUT2D eigenvalue weighted by Gasteiger charge is 2.16. The third-order valence-electron chi connectivity index (χ3n) is 3.10. The normalized spacial score (nSPS) is 12.7. The minimum atomic E-state index is -0.653. The van der Waals surface area contributed by atoms with Crippen LogP contribution in [0.15, 0.2) is 28.7 Å². The number of hydrogen-bond donors (Lipinski definition) is 1. The van der Waals surface area contributed by atoms with Crippen LogP contribution in [-0.4, -0.2) is 14.9 Å². The topological polar surface area (TPSA) is 38.0 Å². The average molecular weight is 327 g/mol. The summed E-state index contributed by atoms with van der Waals surface area (Å²) in [4.78, 5) is 0. The smallest absolute Gasteiger partial charge is 0.124 e. The monoisotopic (exact) mass is 326 g/mol. The molecule has 0 aliphatic heterocycles. The zero-order valence-corrected chi connectivity index (χ0v) is 12.5. The number of aliphatic hydroxyl groups excluding tert-OH is 1. The van der Waals surface area contributed by atoms with Gasteiger partial charge in [-0.25, -0.2) is 4.39 Å². The van der Waals surface area contributed by atoms with Gasteiger partial charge in [-0.15, -0.1) is 0 Å². The van der Waals surface area contributed by atoms with Crippen molar-refractivity contribution in [3.63, 3.8) is 0 Å². The van der Waals surface area contributed by atoms with Crippen molar-refractivity contribution in [2.45, 2.75) is 25.9 Å². The predicted molar refractivity (Wildman–Crippen MR) is 75.3 cm³/mol. The van der Waals surface area contributed by atoms with E-state index in [4.69, 9.17) is 0 Å². The third-order valence-corrected chi connectivity index (χ3v) is 3.84. The van der Waals surface area contributed by atoms with E-state index in [2.05, 4.69) is 21.0 Å². The van der Waals surface area contributed by atoms with E-state index >= 15 is 0 Å². The summed E-state index contributed by atoms with van der Waals surface area (Å²) in [6.45, 7) is 2.02. The molecule has 0 amide bonds. The largest absolute Gasteiger partial charge is 0.386 e. The fourth-order valence-electron chi connectivity index (χ4n) is 2.03. The summed E-state index contributed by atoms with van der Waals surface area (Å²) in [5, 5.41) is 14.6. The van der Waals surface area contributed by atoms with Crippen LogP contribution in [-0.2, 0) is 19.9 Å². The van der Waals surface area contributed by atoms with Gasteiger partial charge in [0.2, 0.25) is 0 Å². The lowest BCUT2D eigenvalue weighted by Crippen LogP contribution is -2.08. The Hall–Kier alpha value is -1.20. The number of aliphatic hydroxyl groups is 1. The fraction of sp³-hybridized carbons (Fsp3) is 0.357. The van der Waals surface area contributed by atoms with Gasteiger partial charge in [0.25, 0.3) is 0 Å². The maximum Gasteiger partial charge on any atom is 0.124 e. The molecule has 0 saturated heterocycles. The van der Waals surface area contributed by atoms with E-state index in [1.165, 1.54) is 12.1 Å².